The summed E-state index contributed by atoms with van der Waals surface area (Å²) < 4.78 is 5.58. The summed E-state index contributed by atoms with van der Waals surface area (Å²) in [4.78, 5) is 15.8. The van der Waals surface area contributed by atoms with Crippen LogP contribution in [0.3, 0.4) is 0 Å². The van der Waals surface area contributed by atoms with E-state index in [-0.39, 0.29) is 12.1 Å². The van der Waals surface area contributed by atoms with Gasteiger partial charge in [-0.1, -0.05) is 12.2 Å². The second-order valence-electron chi connectivity index (χ2n) is 5.42. The Balaban J connectivity index is 1.42. The van der Waals surface area contributed by atoms with Gasteiger partial charge in [0.15, 0.2) is 0 Å². The molecule has 0 saturated carbocycles. The summed E-state index contributed by atoms with van der Waals surface area (Å²) in [5.41, 5.74) is 5.68. The van der Waals surface area contributed by atoms with E-state index in [1.54, 1.807) is 12.1 Å². The number of ether oxygens (including phenoxy) is 1. The molecule has 1 aliphatic heterocycles. The Hall–Kier alpha value is -2.59. The smallest absolute Gasteiger partial charge is 0.333 e. The lowest BCUT2D eigenvalue weighted by atomic mass is 9.85. The molecule has 0 aromatic carbocycles. The molecule has 2 aliphatic rings. The van der Waals surface area contributed by atoms with Gasteiger partial charge in [0.2, 0.25) is 0 Å². The summed E-state index contributed by atoms with van der Waals surface area (Å²) in [5.74, 6) is 1.28. The van der Waals surface area contributed by atoms with Crippen LogP contribution in [0.5, 0.6) is 0 Å². The molecule has 3 atom stereocenters. The molecule has 0 spiro atoms. The van der Waals surface area contributed by atoms with Crippen LogP contribution < -0.4 is 16.2 Å². The molecule has 2 amide bonds. The van der Waals surface area contributed by atoms with E-state index >= 15 is 0 Å². The molecule has 3 rings (SSSR count). The fraction of sp³-hybridized carbons (Fsp3) is 0.400. The number of rotatable bonds is 4. The zero-order chi connectivity index (χ0) is 15.4. The standard InChI is InChI=1S/C15H17N5O2/c16-6-10-1-4-14(17-7-10)19-20-15(21)18-8-11-2-3-13-5-12(11)9-22-13/h1-4,7,11-13H,5,8-9H2,(H,17,19)(H2,18,20,21)/t11-,12+,13-/m0/s1. The molecule has 1 aromatic heterocycles. The van der Waals surface area contributed by atoms with Crippen LogP contribution in [-0.2, 0) is 4.74 Å². The number of pyridine rings is 1. The van der Waals surface area contributed by atoms with Gasteiger partial charge in [-0.05, 0) is 30.4 Å². The van der Waals surface area contributed by atoms with Crippen molar-refractivity contribution in [3.8, 4) is 6.07 Å². The van der Waals surface area contributed by atoms with E-state index < -0.39 is 0 Å². The molecule has 2 bridgehead atoms. The van der Waals surface area contributed by atoms with Gasteiger partial charge in [0.05, 0.1) is 18.3 Å². The number of nitrogens with zero attached hydrogens (tertiary/aromatic N) is 2. The summed E-state index contributed by atoms with van der Waals surface area (Å²) >= 11 is 0. The minimum Gasteiger partial charge on any atom is -0.374 e. The lowest BCUT2D eigenvalue weighted by Crippen LogP contribution is -2.42. The van der Waals surface area contributed by atoms with Gasteiger partial charge >= 0.3 is 6.03 Å². The van der Waals surface area contributed by atoms with Gasteiger partial charge < -0.3 is 10.1 Å². The number of nitrogens with one attached hydrogen (secondary N) is 3. The molecule has 7 heteroatoms. The Morgan fingerprint density at radius 1 is 1.45 bits per heavy atom. The van der Waals surface area contributed by atoms with Crippen molar-refractivity contribution in [1.82, 2.24) is 15.7 Å². The highest BCUT2D eigenvalue weighted by Gasteiger charge is 2.32. The third-order valence-corrected chi connectivity index (χ3v) is 3.93. The van der Waals surface area contributed by atoms with Crippen LogP contribution in [0.2, 0.25) is 0 Å². The van der Waals surface area contributed by atoms with Crippen molar-refractivity contribution in [2.24, 2.45) is 11.8 Å². The topological polar surface area (TPSA) is 99.1 Å². The van der Waals surface area contributed by atoms with Crippen molar-refractivity contribution < 1.29 is 9.53 Å². The number of amides is 2. The monoisotopic (exact) mass is 299 g/mol. The lowest BCUT2D eigenvalue weighted by Gasteiger charge is -2.22. The number of hydrogen-bond donors (Lipinski definition) is 3. The van der Waals surface area contributed by atoms with Crippen molar-refractivity contribution in [2.75, 3.05) is 18.6 Å². The van der Waals surface area contributed by atoms with Crippen molar-refractivity contribution >= 4 is 11.8 Å². The first kappa shape index (κ1) is 14.4. The van der Waals surface area contributed by atoms with E-state index in [2.05, 4.69) is 33.3 Å². The largest absolute Gasteiger partial charge is 0.374 e. The van der Waals surface area contributed by atoms with Crippen LogP contribution in [0.25, 0.3) is 0 Å². The number of hydrazine groups is 1. The maximum atomic E-state index is 11.8. The van der Waals surface area contributed by atoms with E-state index in [9.17, 15) is 4.79 Å². The van der Waals surface area contributed by atoms with Gasteiger partial charge in [-0.3, -0.25) is 10.9 Å². The fourth-order valence-corrected chi connectivity index (χ4v) is 2.68. The van der Waals surface area contributed by atoms with Crippen molar-refractivity contribution in [2.45, 2.75) is 12.5 Å². The van der Waals surface area contributed by atoms with E-state index in [0.717, 1.165) is 13.0 Å². The van der Waals surface area contributed by atoms with Crippen LogP contribution >= 0.6 is 0 Å². The normalized spacial score (nSPS) is 25.3. The third-order valence-electron chi connectivity index (χ3n) is 3.93. The maximum absolute atomic E-state index is 11.8. The Morgan fingerprint density at radius 3 is 3.14 bits per heavy atom. The number of carbonyl (C=O) groups is 1. The Kier molecular flexibility index (Phi) is 4.21. The highest BCUT2D eigenvalue weighted by Crippen LogP contribution is 2.32. The van der Waals surface area contributed by atoms with E-state index in [1.807, 2.05) is 6.07 Å². The van der Waals surface area contributed by atoms with Crippen molar-refractivity contribution in [1.29, 1.82) is 5.26 Å². The minimum atomic E-state index is -0.319. The number of nitriles is 1. The lowest BCUT2D eigenvalue weighted by molar-refractivity contribution is 0.140. The predicted octanol–water partition coefficient (Wildman–Crippen LogP) is 1.17. The molecule has 0 radical (unpaired) electrons. The number of aromatic nitrogens is 1. The van der Waals surface area contributed by atoms with Crippen molar-refractivity contribution in [3.63, 3.8) is 0 Å². The van der Waals surface area contributed by atoms with Crippen LogP contribution in [0.15, 0.2) is 30.5 Å². The quantitative estimate of drug-likeness (QED) is 0.572. The van der Waals surface area contributed by atoms with Gasteiger partial charge in [-0.15, -0.1) is 0 Å². The number of hydrogen-bond acceptors (Lipinski definition) is 5. The van der Waals surface area contributed by atoms with E-state index in [4.69, 9.17) is 10.00 Å². The van der Waals surface area contributed by atoms with Crippen LogP contribution in [0, 0.1) is 23.2 Å². The van der Waals surface area contributed by atoms with Crippen molar-refractivity contribution in [3.05, 3.63) is 36.0 Å². The molecule has 1 aliphatic carbocycles. The SMILES string of the molecule is N#Cc1ccc(NNC(=O)NC[C@@H]2C=C[C@H]3C[C@@H]2CO3)nc1. The van der Waals surface area contributed by atoms with Gasteiger partial charge in [0, 0.05) is 12.7 Å². The summed E-state index contributed by atoms with van der Waals surface area (Å²) in [7, 11) is 0. The molecule has 1 saturated heterocycles. The number of carbonyl (C=O) groups excluding carboxylic acids is 1. The van der Waals surface area contributed by atoms with Crippen LogP contribution in [0.4, 0.5) is 10.6 Å². The third kappa shape index (κ3) is 3.35. The zero-order valence-electron chi connectivity index (χ0n) is 12.0. The molecular formula is C15H17N5O2. The minimum absolute atomic E-state index is 0.263. The van der Waals surface area contributed by atoms with Gasteiger partial charge in [-0.2, -0.15) is 5.26 Å². The van der Waals surface area contributed by atoms with Crippen LogP contribution in [-0.4, -0.2) is 30.3 Å². The summed E-state index contributed by atoms with van der Waals surface area (Å²) in [5, 5.41) is 11.5. The zero-order valence-corrected chi connectivity index (χ0v) is 12.0. The highest BCUT2D eigenvalue weighted by molar-refractivity contribution is 5.75. The number of fused-ring (bicyclic) bond motifs is 2. The average molecular weight is 299 g/mol. The first-order chi connectivity index (χ1) is 10.7. The second-order valence-corrected chi connectivity index (χ2v) is 5.42. The Bertz CT molecular complexity index is 607. The molecule has 0 unspecified atom stereocenters. The molecule has 1 aromatic rings. The number of urea groups is 1. The van der Waals surface area contributed by atoms with E-state index in [1.165, 1.54) is 6.20 Å². The first-order valence-electron chi connectivity index (χ1n) is 7.20. The highest BCUT2D eigenvalue weighted by atomic mass is 16.5. The molecule has 3 N–H and O–H groups in total. The van der Waals surface area contributed by atoms with Gasteiger partial charge in [-0.25, -0.2) is 9.78 Å². The molecule has 7 nitrogen and oxygen atoms in total. The molecule has 2 heterocycles. The molecule has 1 fully saturated rings. The maximum Gasteiger partial charge on any atom is 0.333 e. The number of anilines is 1. The van der Waals surface area contributed by atoms with Gasteiger partial charge in [0.25, 0.3) is 0 Å². The van der Waals surface area contributed by atoms with E-state index in [0.29, 0.717) is 29.8 Å². The Labute approximate surface area is 128 Å². The summed E-state index contributed by atoms with van der Waals surface area (Å²) in [6.45, 7) is 1.34. The summed E-state index contributed by atoms with van der Waals surface area (Å²) in [6.07, 6.45) is 6.94. The molecular weight excluding hydrogens is 282 g/mol. The predicted molar refractivity (Wildman–Crippen MR) is 79.6 cm³/mol. The van der Waals surface area contributed by atoms with Crippen LogP contribution in [0.1, 0.15) is 12.0 Å². The molecule has 114 valence electrons. The Morgan fingerprint density at radius 2 is 2.36 bits per heavy atom. The average Bonchev–Trinajstić information content (AvgIpc) is 2.94. The fourth-order valence-electron chi connectivity index (χ4n) is 2.68. The summed E-state index contributed by atoms with van der Waals surface area (Å²) in [6, 6.07) is 4.91. The van der Waals surface area contributed by atoms with Gasteiger partial charge in [0.1, 0.15) is 11.9 Å². The molecule has 22 heavy (non-hydrogen) atoms. The first-order valence-corrected chi connectivity index (χ1v) is 7.20. The second kappa shape index (κ2) is 6.45.